The third-order valence-corrected chi connectivity index (χ3v) is 10.5. The molecule has 0 spiro atoms. The van der Waals surface area contributed by atoms with Crippen LogP contribution in [0, 0.1) is 5.82 Å². The van der Waals surface area contributed by atoms with Gasteiger partial charge in [0.1, 0.15) is 5.82 Å². The summed E-state index contributed by atoms with van der Waals surface area (Å²) in [6.45, 7) is 4.34. The molecule has 0 aliphatic carbocycles. The molecule has 0 radical (unpaired) electrons. The van der Waals surface area contributed by atoms with Gasteiger partial charge in [0, 0.05) is 41.4 Å². The number of ether oxygens (including phenoxy) is 2. The third kappa shape index (κ3) is 8.55. The summed E-state index contributed by atoms with van der Waals surface area (Å²) in [5.74, 6) is -0.960. The number of thiophene rings is 2. The van der Waals surface area contributed by atoms with Gasteiger partial charge in [0.15, 0.2) is 0 Å². The fourth-order valence-corrected chi connectivity index (χ4v) is 8.18. The summed E-state index contributed by atoms with van der Waals surface area (Å²) in [5, 5.41) is 11.9. The molecule has 0 aliphatic rings. The van der Waals surface area contributed by atoms with E-state index < -0.39 is 0 Å². The van der Waals surface area contributed by atoms with Crippen molar-refractivity contribution in [3.05, 3.63) is 153 Å². The summed E-state index contributed by atoms with van der Waals surface area (Å²) >= 11 is 9.25. The number of aliphatic hydroxyl groups excluding tert-OH is 1. The number of benzene rings is 5. The van der Waals surface area contributed by atoms with Crippen LogP contribution in [0.15, 0.2) is 115 Å². The first-order chi connectivity index (χ1) is 24.8. The molecule has 7 aromatic rings. The van der Waals surface area contributed by atoms with E-state index in [-0.39, 0.29) is 24.4 Å². The second-order valence-electron chi connectivity index (χ2n) is 11.6. The molecule has 0 saturated heterocycles. The van der Waals surface area contributed by atoms with Gasteiger partial charge in [-0.05, 0) is 108 Å². The van der Waals surface area contributed by atoms with E-state index in [0.717, 1.165) is 57.7 Å². The number of carbonyl (C=O) groups excluding carboxylic acids is 2. The molecule has 1 N–H and O–H groups in total. The summed E-state index contributed by atoms with van der Waals surface area (Å²) in [7, 11) is 0. The molecule has 2 aromatic heterocycles. The topological polar surface area (TPSA) is 72.8 Å². The zero-order valence-corrected chi connectivity index (χ0v) is 30.3. The zero-order valence-electron chi connectivity index (χ0n) is 28.0. The first-order valence-corrected chi connectivity index (χ1v) is 18.4. The summed E-state index contributed by atoms with van der Waals surface area (Å²) in [6.07, 6.45) is 0.610. The zero-order chi connectivity index (χ0) is 35.9. The minimum Gasteiger partial charge on any atom is -0.462 e. The van der Waals surface area contributed by atoms with Crippen LogP contribution in [0.2, 0.25) is 5.02 Å². The molecule has 2 heterocycles. The minimum absolute atomic E-state index is 0.0433. The van der Waals surface area contributed by atoms with E-state index in [4.69, 9.17) is 21.1 Å². The lowest BCUT2D eigenvalue weighted by Gasteiger charge is -2.07. The lowest BCUT2D eigenvalue weighted by atomic mass is 9.99. The Balaban J connectivity index is 0.000000183. The molecule has 0 atom stereocenters. The largest absolute Gasteiger partial charge is 0.462 e. The molecule has 0 unspecified atom stereocenters. The van der Waals surface area contributed by atoms with Crippen LogP contribution in [0.1, 0.15) is 49.9 Å². The number of halogens is 2. The molecule has 0 aliphatic heterocycles. The predicted octanol–water partition coefficient (Wildman–Crippen LogP) is 11.4. The van der Waals surface area contributed by atoms with Crippen molar-refractivity contribution in [1.29, 1.82) is 0 Å². The lowest BCUT2D eigenvalue weighted by Crippen LogP contribution is -2.04. The summed E-state index contributed by atoms with van der Waals surface area (Å²) in [4.78, 5) is 26.0. The van der Waals surface area contributed by atoms with Gasteiger partial charge in [-0.3, -0.25) is 0 Å². The molecule has 0 fully saturated rings. The number of aliphatic hydroxyl groups is 1. The van der Waals surface area contributed by atoms with Gasteiger partial charge < -0.3 is 14.6 Å². The highest BCUT2D eigenvalue weighted by atomic mass is 35.5. The fraction of sp³-hybridized carbons (Fsp3) is 0.143. The first kappa shape index (κ1) is 35.9. The number of carbonyl (C=O) groups is 2. The molecular weight excluding hydrogens is 703 g/mol. The van der Waals surface area contributed by atoms with Crippen LogP contribution < -0.4 is 0 Å². The van der Waals surface area contributed by atoms with Crippen molar-refractivity contribution in [2.75, 3.05) is 13.2 Å². The summed E-state index contributed by atoms with van der Waals surface area (Å²) < 4.78 is 26.1. The van der Waals surface area contributed by atoms with E-state index in [1.54, 1.807) is 54.7 Å². The Bertz CT molecular complexity index is 2320. The number of hydrogen-bond acceptors (Lipinski definition) is 7. The van der Waals surface area contributed by atoms with E-state index in [0.29, 0.717) is 35.8 Å². The van der Waals surface area contributed by atoms with Crippen LogP contribution in [0.25, 0.3) is 42.4 Å². The molecule has 258 valence electrons. The molecule has 9 heteroatoms. The second kappa shape index (κ2) is 16.4. The van der Waals surface area contributed by atoms with Crippen LogP contribution in [0.4, 0.5) is 4.39 Å². The van der Waals surface area contributed by atoms with Crippen LogP contribution >= 0.6 is 34.3 Å². The molecule has 5 nitrogen and oxygen atoms in total. The molecule has 0 saturated carbocycles. The Kier molecular flexibility index (Phi) is 11.6. The standard InChI is InChI=1S/C24H18ClFO2S.C18H16O3S/c1-2-28-24(27)17-6-3-5-16(12-17)21-7-4-8-23-22(21)14-20(29-23)11-15-9-18(25)13-19(26)10-15;1-2-21-18(20)13-6-3-5-12(9-13)15-7-4-8-17-16(15)10-14(11-19)22-17/h3-10,12-14H,2,11H2,1H3;3-10,19H,2,11H2,1H3. The van der Waals surface area contributed by atoms with Gasteiger partial charge >= 0.3 is 11.9 Å². The highest BCUT2D eigenvalue weighted by molar-refractivity contribution is 7.19. The van der Waals surface area contributed by atoms with Crippen molar-refractivity contribution in [1.82, 2.24) is 0 Å². The summed E-state index contributed by atoms with van der Waals surface area (Å²) in [5.41, 5.74) is 5.96. The van der Waals surface area contributed by atoms with Crippen molar-refractivity contribution in [3.63, 3.8) is 0 Å². The predicted molar refractivity (Wildman–Crippen MR) is 207 cm³/mol. The minimum atomic E-state index is -0.329. The Labute approximate surface area is 308 Å². The monoisotopic (exact) mass is 736 g/mol. The number of esters is 2. The van der Waals surface area contributed by atoms with E-state index in [2.05, 4.69) is 12.1 Å². The van der Waals surface area contributed by atoms with Crippen LogP contribution in [0.5, 0.6) is 0 Å². The van der Waals surface area contributed by atoms with Crippen LogP contribution in [-0.4, -0.2) is 30.3 Å². The maximum absolute atomic E-state index is 13.7. The lowest BCUT2D eigenvalue weighted by molar-refractivity contribution is 0.0517. The van der Waals surface area contributed by atoms with Crippen molar-refractivity contribution < 1.29 is 28.6 Å². The van der Waals surface area contributed by atoms with Gasteiger partial charge in [-0.2, -0.15) is 0 Å². The van der Waals surface area contributed by atoms with E-state index in [1.807, 2.05) is 72.8 Å². The summed E-state index contributed by atoms with van der Waals surface area (Å²) in [6, 6.07) is 35.8. The van der Waals surface area contributed by atoms with Gasteiger partial charge in [0.2, 0.25) is 0 Å². The first-order valence-electron chi connectivity index (χ1n) is 16.4. The van der Waals surface area contributed by atoms with E-state index >= 15 is 0 Å². The van der Waals surface area contributed by atoms with E-state index in [9.17, 15) is 19.1 Å². The Morgan fingerprint density at radius 2 is 1.18 bits per heavy atom. The third-order valence-electron chi connectivity index (χ3n) is 8.05. The highest BCUT2D eigenvalue weighted by Gasteiger charge is 2.14. The second-order valence-corrected chi connectivity index (χ2v) is 14.3. The van der Waals surface area contributed by atoms with Crippen molar-refractivity contribution in [2.45, 2.75) is 26.9 Å². The van der Waals surface area contributed by atoms with E-state index in [1.165, 1.54) is 12.1 Å². The Hall–Kier alpha value is -4.86. The molecule has 0 amide bonds. The number of rotatable bonds is 9. The number of fused-ring (bicyclic) bond motifs is 2. The Morgan fingerprint density at radius 1 is 0.667 bits per heavy atom. The molecular formula is C42H34ClFO5S2. The van der Waals surface area contributed by atoms with Gasteiger partial charge in [0.25, 0.3) is 0 Å². The van der Waals surface area contributed by atoms with Gasteiger partial charge in [-0.25, -0.2) is 14.0 Å². The maximum atomic E-state index is 13.7. The molecule has 5 aromatic carbocycles. The fourth-order valence-electron chi connectivity index (χ4n) is 5.87. The SMILES string of the molecule is CCOC(=O)c1cccc(-c2cccc3sc(CO)cc23)c1.CCOC(=O)c1cccc(-c2cccc3sc(Cc4cc(F)cc(Cl)c4)cc23)c1. The molecule has 7 rings (SSSR count). The van der Waals surface area contributed by atoms with Gasteiger partial charge in [-0.1, -0.05) is 60.1 Å². The van der Waals surface area contributed by atoms with Crippen molar-refractivity contribution >= 4 is 66.4 Å². The van der Waals surface area contributed by atoms with Gasteiger partial charge in [-0.15, -0.1) is 22.7 Å². The quantitative estimate of drug-likeness (QED) is 0.149. The molecule has 51 heavy (non-hydrogen) atoms. The normalized spacial score (nSPS) is 10.9. The average Bonchev–Trinajstić information content (AvgIpc) is 3.75. The average molecular weight is 737 g/mol. The van der Waals surface area contributed by atoms with Crippen molar-refractivity contribution in [3.8, 4) is 22.3 Å². The maximum Gasteiger partial charge on any atom is 0.338 e. The smallest absolute Gasteiger partial charge is 0.338 e. The molecule has 0 bridgehead atoms. The van der Waals surface area contributed by atoms with Crippen molar-refractivity contribution in [2.24, 2.45) is 0 Å². The van der Waals surface area contributed by atoms with Crippen LogP contribution in [-0.2, 0) is 22.5 Å². The highest BCUT2D eigenvalue weighted by Crippen LogP contribution is 2.36. The van der Waals surface area contributed by atoms with Crippen LogP contribution in [0.3, 0.4) is 0 Å². The number of hydrogen-bond donors (Lipinski definition) is 1. The Morgan fingerprint density at radius 3 is 1.69 bits per heavy atom. The van der Waals surface area contributed by atoms with Gasteiger partial charge in [0.05, 0.1) is 30.9 Å².